The standard InChI is InChI=1S/C26H42N2O/c1-23(2)15-13-11-9-7-5-3-4-6-8-10-12-14-22-28-25-18-16-24(17-19-25)26(29)20-21-27/h16-19,23,28H,3-15,20,22H2,1-2H3. The molecule has 0 radical (unpaired) electrons. The van der Waals surface area contributed by atoms with Crippen LogP contribution in [-0.4, -0.2) is 12.3 Å². The van der Waals surface area contributed by atoms with Crippen molar-refractivity contribution in [3.8, 4) is 6.07 Å². The summed E-state index contributed by atoms with van der Waals surface area (Å²) in [6.07, 6.45) is 17.8. The molecule has 3 heteroatoms. The summed E-state index contributed by atoms with van der Waals surface area (Å²) in [5.41, 5.74) is 1.66. The van der Waals surface area contributed by atoms with E-state index in [-0.39, 0.29) is 12.2 Å². The molecule has 1 aromatic carbocycles. The van der Waals surface area contributed by atoms with Gasteiger partial charge in [0, 0.05) is 17.8 Å². The van der Waals surface area contributed by atoms with Gasteiger partial charge in [0.2, 0.25) is 0 Å². The maximum absolute atomic E-state index is 11.6. The Morgan fingerprint density at radius 3 is 1.79 bits per heavy atom. The zero-order chi connectivity index (χ0) is 21.2. The SMILES string of the molecule is CC(C)CCCCCCCCCCCCCCNc1ccc(C(=O)CC#N)cc1. The minimum Gasteiger partial charge on any atom is -0.385 e. The van der Waals surface area contributed by atoms with E-state index >= 15 is 0 Å². The number of Topliss-reactive ketones (excluding diaryl/α,β-unsaturated/α-hetero) is 1. The molecular formula is C26H42N2O. The third-order valence-corrected chi connectivity index (χ3v) is 5.48. The highest BCUT2D eigenvalue weighted by atomic mass is 16.1. The number of hydrogen-bond acceptors (Lipinski definition) is 3. The molecule has 0 aliphatic heterocycles. The van der Waals surface area contributed by atoms with E-state index in [0.29, 0.717) is 5.56 Å². The number of hydrogen-bond donors (Lipinski definition) is 1. The van der Waals surface area contributed by atoms with Gasteiger partial charge in [-0.1, -0.05) is 90.9 Å². The van der Waals surface area contributed by atoms with Crippen molar-refractivity contribution >= 4 is 11.5 Å². The Morgan fingerprint density at radius 2 is 1.31 bits per heavy atom. The van der Waals surface area contributed by atoms with E-state index in [4.69, 9.17) is 5.26 Å². The first-order valence-electron chi connectivity index (χ1n) is 11.9. The molecule has 0 bridgehead atoms. The number of unbranched alkanes of at least 4 members (excludes halogenated alkanes) is 11. The van der Waals surface area contributed by atoms with E-state index in [1.807, 2.05) is 18.2 Å². The molecule has 0 amide bonds. The van der Waals surface area contributed by atoms with E-state index in [0.717, 1.165) is 18.2 Å². The first-order chi connectivity index (χ1) is 14.1. The van der Waals surface area contributed by atoms with Gasteiger partial charge in [0.15, 0.2) is 5.78 Å². The predicted molar refractivity (Wildman–Crippen MR) is 124 cm³/mol. The molecule has 0 aliphatic rings. The van der Waals surface area contributed by atoms with Crippen LogP contribution in [0.5, 0.6) is 0 Å². The molecule has 1 rings (SSSR count). The van der Waals surface area contributed by atoms with Crippen molar-refractivity contribution in [3.63, 3.8) is 0 Å². The minimum absolute atomic E-state index is 0.0504. The van der Waals surface area contributed by atoms with Crippen LogP contribution in [0.25, 0.3) is 0 Å². The second-order valence-electron chi connectivity index (χ2n) is 8.69. The van der Waals surface area contributed by atoms with Gasteiger partial charge >= 0.3 is 0 Å². The molecular weight excluding hydrogens is 356 g/mol. The lowest BCUT2D eigenvalue weighted by Gasteiger charge is -2.07. The molecule has 0 aromatic heterocycles. The number of carbonyl (C=O) groups is 1. The highest BCUT2D eigenvalue weighted by Gasteiger charge is 2.04. The fourth-order valence-corrected chi connectivity index (χ4v) is 3.63. The summed E-state index contributed by atoms with van der Waals surface area (Å²) in [5.74, 6) is 0.755. The van der Waals surface area contributed by atoms with Crippen LogP contribution in [0.1, 0.15) is 114 Å². The molecule has 162 valence electrons. The first-order valence-corrected chi connectivity index (χ1v) is 11.9. The molecule has 0 saturated carbocycles. The van der Waals surface area contributed by atoms with Gasteiger partial charge in [-0.15, -0.1) is 0 Å². The topological polar surface area (TPSA) is 52.9 Å². The summed E-state index contributed by atoms with van der Waals surface area (Å²) < 4.78 is 0. The largest absolute Gasteiger partial charge is 0.385 e. The van der Waals surface area contributed by atoms with Gasteiger partial charge in [0.25, 0.3) is 0 Å². The van der Waals surface area contributed by atoms with E-state index in [1.165, 1.54) is 83.5 Å². The van der Waals surface area contributed by atoms with Crippen molar-refractivity contribution in [1.29, 1.82) is 5.26 Å². The number of carbonyl (C=O) groups excluding carboxylic acids is 1. The second kappa shape index (κ2) is 17.1. The highest BCUT2D eigenvalue weighted by Crippen LogP contribution is 2.15. The molecule has 0 spiro atoms. The lowest BCUT2D eigenvalue weighted by atomic mass is 10.0. The van der Waals surface area contributed by atoms with Gasteiger partial charge < -0.3 is 5.32 Å². The quantitative estimate of drug-likeness (QED) is 0.202. The minimum atomic E-state index is -0.110. The summed E-state index contributed by atoms with van der Waals surface area (Å²) >= 11 is 0. The summed E-state index contributed by atoms with van der Waals surface area (Å²) in [6.45, 7) is 5.61. The molecule has 0 aliphatic carbocycles. The van der Waals surface area contributed by atoms with Crippen LogP contribution in [0.2, 0.25) is 0 Å². The van der Waals surface area contributed by atoms with Crippen molar-refractivity contribution in [2.45, 2.75) is 104 Å². The molecule has 1 N–H and O–H groups in total. The third kappa shape index (κ3) is 13.9. The zero-order valence-corrected chi connectivity index (χ0v) is 18.8. The maximum atomic E-state index is 11.6. The molecule has 0 fully saturated rings. The second-order valence-corrected chi connectivity index (χ2v) is 8.69. The average Bonchev–Trinajstić information content (AvgIpc) is 2.71. The number of benzene rings is 1. The number of anilines is 1. The number of nitrogens with one attached hydrogen (secondary N) is 1. The predicted octanol–water partition coefficient (Wildman–Crippen LogP) is 7.92. The van der Waals surface area contributed by atoms with Crippen LogP contribution in [0, 0.1) is 17.2 Å². The Morgan fingerprint density at radius 1 is 0.828 bits per heavy atom. The van der Waals surface area contributed by atoms with Gasteiger partial charge in [0.05, 0.1) is 12.5 Å². The Labute approximate surface area is 179 Å². The van der Waals surface area contributed by atoms with Crippen LogP contribution in [0.4, 0.5) is 5.69 Å². The Hall–Kier alpha value is -1.82. The number of ketones is 1. The van der Waals surface area contributed by atoms with Crippen LogP contribution < -0.4 is 5.32 Å². The molecule has 0 saturated heterocycles. The number of rotatable bonds is 18. The van der Waals surface area contributed by atoms with Gasteiger partial charge in [-0.3, -0.25) is 4.79 Å². The monoisotopic (exact) mass is 398 g/mol. The van der Waals surface area contributed by atoms with Crippen molar-refractivity contribution < 1.29 is 4.79 Å². The molecule has 0 heterocycles. The van der Waals surface area contributed by atoms with E-state index in [2.05, 4.69) is 19.2 Å². The normalized spacial score (nSPS) is 10.8. The first kappa shape index (κ1) is 25.2. The Balaban J connectivity index is 1.88. The summed E-state index contributed by atoms with van der Waals surface area (Å²) in [4.78, 5) is 11.6. The van der Waals surface area contributed by atoms with Crippen LogP contribution in [-0.2, 0) is 0 Å². The van der Waals surface area contributed by atoms with Gasteiger partial charge in [-0.25, -0.2) is 0 Å². The fourth-order valence-electron chi connectivity index (χ4n) is 3.63. The molecule has 0 unspecified atom stereocenters. The Bertz CT molecular complexity index is 571. The zero-order valence-electron chi connectivity index (χ0n) is 18.8. The van der Waals surface area contributed by atoms with Crippen molar-refractivity contribution in [2.75, 3.05) is 11.9 Å². The molecule has 3 nitrogen and oxygen atoms in total. The Kier molecular flexibility index (Phi) is 14.8. The summed E-state index contributed by atoms with van der Waals surface area (Å²) in [6, 6.07) is 9.35. The number of nitrogens with zero attached hydrogens (tertiary/aromatic N) is 1. The van der Waals surface area contributed by atoms with Crippen molar-refractivity contribution in [2.24, 2.45) is 5.92 Å². The smallest absolute Gasteiger partial charge is 0.176 e. The van der Waals surface area contributed by atoms with Gasteiger partial charge in [0.1, 0.15) is 0 Å². The molecule has 0 atom stereocenters. The lowest BCUT2D eigenvalue weighted by Crippen LogP contribution is -2.02. The molecule has 1 aromatic rings. The van der Waals surface area contributed by atoms with E-state index < -0.39 is 0 Å². The van der Waals surface area contributed by atoms with Crippen LogP contribution in [0.15, 0.2) is 24.3 Å². The maximum Gasteiger partial charge on any atom is 0.176 e. The lowest BCUT2D eigenvalue weighted by molar-refractivity contribution is 0.0997. The van der Waals surface area contributed by atoms with Gasteiger partial charge in [-0.2, -0.15) is 5.26 Å². The summed E-state index contributed by atoms with van der Waals surface area (Å²) in [5, 5.41) is 12.0. The fraction of sp³-hybridized carbons (Fsp3) is 0.692. The van der Waals surface area contributed by atoms with Crippen LogP contribution >= 0.6 is 0 Å². The number of nitriles is 1. The third-order valence-electron chi connectivity index (χ3n) is 5.48. The van der Waals surface area contributed by atoms with E-state index in [9.17, 15) is 4.79 Å². The van der Waals surface area contributed by atoms with Crippen LogP contribution in [0.3, 0.4) is 0 Å². The van der Waals surface area contributed by atoms with Crippen molar-refractivity contribution in [3.05, 3.63) is 29.8 Å². The molecule has 29 heavy (non-hydrogen) atoms. The average molecular weight is 399 g/mol. The van der Waals surface area contributed by atoms with Crippen molar-refractivity contribution in [1.82, 2.24) is 0 Å². The highest BCUT2D eigenvalue weighted by molar-refractivity contribution is 5.97. The van der Waals surface area contributed by atoms with Gasteiger partial charge in [-0.05, 0) is 36.6 Å². The van der Waals surface area contributed by atoms with E-state index in [1.54, 1.807) is 12.1 Å². The summed E-state index contributed by atoms with van der Waals surface area (Å²) in [7, 11) is 0.